The van der Waals surface area contributed by atoms with Gasteiger partial charge in [0.15, 0.2) is 5.13 Å². The van der Waals surface area contributed by atoms with Crippen LogP contribution in [-0.4, -0.2) is 11.5 Å². The number of nitrogens with zero attached hydrogens (tertiary/aromatic N) is 1. The van der Waals surface area contributed by atoms with Crippen LogP contribution in [0, 0.1) is 18.8 Å². The number of aryl methyl sites for hydroxylation is 1. The van der Waals surface area contributed by atoms with Gasteiger partial charge in [-0.2, -0.15) is 0 Å². The predicted octanol–water partition coefficient (Wildman–Crippen LogP) is 2.91. The first kappa shape index (κ1) is 9.00. The van der Waals surface area contributed by atoms with Crippen LogP contribution in [0.25, 0.3) is 0 Å². The summed E-state index contributed by atoms with van der Waals surface area (Å²) in [6.07, 6.45) is 4.79. The van der Waals surface area contributed by atoms with E-state index < -0.39 is 0 Å². The van der Waals surface area contributed by atoms with Crippen molar-refractivity contribution in [2.24, 2.45) is 11.8 Å². The molecule has 2 rings (SSSR count). The predicted molar refractivity (Wildman–Crippen MR) is 57.2 cm³/mol. The van der Waals surface area contributed by atoms with E-state index in [9.17, 15) is 0 Å². The molecule has 1 heterocycles. The van der Waals surface area contributed by atoms with Gasteiger partial charge in [0.1, 0.15) is 0 Å². The molecule has 1 aliphatic carbocycles. The molecular weight excluding hydrogens is 180 g/mol. The number of anilines is 1. The SMILES string of the molecule is Cc1cnc(NCC(C)C2CC2)s1. The number of rotatable bonds is 4. The summed E-state index contributed by atoms with van der Waals surface area (Å²) in [5, 5.41) is 4.47. The van der Waals surface area contributed by atoms with Crippen molar-refractivity contribution in [3.05, 3.63) is 11.1 Å². The molecule has 1 fully saturated rings. The first-order valence-electron chi connectivity index (χ1n) is 4.92. The van der Waals surface area contributed by atoms with Crippen LogP contribution in [0.3, 0.4) is 0 Å². The monoisotopic (exact) mass is 196 g/mol. The van der Waals surface area contributed by atoms with Gasteiger partial charge in [-0.3, -0.25) is 0 Å². The highest BCUT2D eigenvalue weighted by molar-refractivity contribution is 7.15. The number of thiazole rings is 1. The van der Waals surface area contributed by atoms with Crippen molar-refractivity contribution in [3.63, 3.8) is 0 Å². The van der Waals surface area contributed by atoms with Gasteiger partial charge >= 0.3 is 0 Å². The quantitative estimate of drug-likeness (QED) is 0.801. The van der Waals surface area contributed by atoms with Gasteiger partial charge in [-0.15, -0.1) is 11.3 Å². The Kier molecular flexibility index (Phi) is 2.54. The van der Waals surface area contributed by atoms with Crippen molar-refractivity contribution < 1.29 is 0 Å². The van der Waals surface area contributed by atoms with Crippen molar-refractivity contribution in [1.29, 1.82) is 0 Å². The molecule has 0 saturated heterocycles. The molecule has 0 amide bonds. The molecule has 1 aliphatic rings. The largest absolute Gasteiger partial charge is 0.361 e. The molecular formula is C10H16N2S. The van der Waals surface area contributed by atoms with E-state index in [-0.39, 0.29) is 0 Å². The number of hydrogen-bond acceptors (Lipinski definition) is 3. The van der Waals surface area contributed by atoms with E-state index in [0.29, 0.717) is 0 Å². The molecule has 1 N–H and O–H groups in total. The minimum atomic E-state index is 0.809. The van der Waals surface area contributed by atoms with Crippen LogP contribution in [0.15, 0.2) is 6.20 Å². The molecule has 1 unspecified atom stereocenters. The van der Waals surface area contributed by atoms with E-state index in [4.69, 9.17) is 0 Å². The van der Waals surface area contributed by atoms with E-state index in [1.807, 2.05) is 6.20 Å². The Hall–Kier alpha value is -0.570. The minimum Gasteiger partial charge on any atom is -0.361 e. The Morgan fingerprint density at radius 2 is 2.46 bits per heavy atom. The fraction of sp³-hybridized carbons (Fsp3) is 0.700. The van der Waals surface area contributed by atoms with Crippen molar-refractivity contribution in [3.8, 4) is 0 Å². The van der Waals surface area contributed by atoms with Crippen molar-refractivity contribution in [2.75, 3.05) is 11.9 Å². The molecule has 1 saturated carbocycles. The normalized spacial score (nSPS) is 18.6. The summed E-state index contributed by atoms with van der Waals surface area (Å²) in [5.74, 6) is 1.79. The van der Waals surface area contributed by atoms with Gasteiger partial charge in [0.25, 0.3) is 0 Å². The number of aromatic nitrogens is 1. The van der Waals surface area contributed by atoms with Gasteiger partial charge in [0.2, 0.25) is 0 Å². The molecule has 1 aromatic rings. The molecule has 72 valence electrons. The Morgan fingerprint density at radius 3 is 3.00 bits per heavy atom. The Morgan fingerprint density at radius 1 is 1.69 bits per heavy atom. The van der Waals surface area contributed by atoms with Gasteiger partial charge in [0, 0.05) is 17.6 Å². The molecule has 3 heteroatoms. The summed E-state index contributed by atoms with van der Waals surface area (Å²) in [5.41, 5.74) is 0. The van der Waals surface area contributed by atoms with Crippen LogP contribution < -0.4 is 5.32 Å². The molecule has 0 aromatic carbocycles. The van der Waals surface area contributed by atoms with E-state index in [1.54, 1.807) is 11.3 Å². The molecule has 1 aromatic heterocycles. The fourth-order valence-corrected chi connectivity index (χ4v) is 2.19. The van der Waals surface area contributed by atoms with Gasteiger partial charge < -0.3 is 5.32 Å². The third-order valence-electron chi connectivity index (χ3n) is 2.62. The highest BCUT2D eigenvalue weighted by atomic mass is 32.1. The first-order valence-corrected chi connectivity index (χ1v) is 5.73. The highest BCUT2D eigenvalue weighted by Gasteiger charge is 2.27. The van der Waals surface area contributed by atoms with Crippen molar-refractivity contribution >= 4 is 16.5 Å². The summed E-state index contributed by atoms with van der Waals surface area (Å²) in [4.78, 5) is 5.55. The lowest BCUT2D eigenvalue weighted by Gasteiger charge is -2.09. The van der Waals surface area contributed by atoms with Crippen molar-refractivity contribution in [1.82, 2.24) is 4.98 Å². The highest BCUT2D eigenvalue weighted by Crippen LogP contribution is 2.36. The second kappa shape index (κ2) is 3.66. The lowest BCUT2D eigenvalue weighted by molar-refractivity contribution is 0.536. The van der Waals surface area contributed by atoms with E-state index >= 15 is 0 Å². The first-order chi connectivity index (χ1) is 6.25. The lowest BCUT2D eigenvalue weighted by atomic mass is 10.1. The van der Waals surface area contributed by atoms with Crippen LogP contribution in [0.1, 0.15) is 24.6 Å². The molecule has 2 nitrogen and oxygen atoms in total. The maximum atomic E-state index is 4.27. The molecule has 0 radical (unpaired) electrons. The average Bonchev–Trinajstić information content (AvgIpc) is 2.87. The summed E-state index contributed by atoms with van der Waals surface area (Å²) in [6.45, 7) is 5.50. The lowest BCUT2D eigenvalue weighted by Crippen LogP contribution is -2.12. The Labute approximate surface area is 83.4 Å². The Balaban J connectivity index is 1.78. The summed E-state index contributed by atoms with van der Waals surface area (Å²) >= 11 is 1.74. The van der Waals surface area contributed by atoms with Gasteiger partial charge in [0.05, 0.1) is 0 Å². The van der Waals surface area contributed by atoms with Crippen LogP contribution in [-0.2, 0) is 0 Å². The van der Waals surface area contributed by atoms with Crippen LogP contribution in [0.5, 0.6) is 0 Å². The van der Waals surface area contributed by atoms with Gasteiger partial charge in [-0.1, -0.05) is 6.92 Å². The topological polar surface area (TPSA) is 24.9 Å². The molecule has 1 atom stereocenters. The zero-order valence-electron chi connectivity index (χ0n) is 8.21. The molecule has 0 aliphatic heterocycles. The summed E-state index contributed by atoms with van der Waals surface area (Å²) < 4.78 is 0. The fourth-order valence-electron chi connectivity index (χ4n) is 1.52. The maximum absolute atomic E-state index is 4.27. The smallest absolute Gasteiger partial charge is 0.182 e. The van der Waals surface area contributed by atoms with Crippen molar-refractivity contribution in [2.45, 2.75) is 26.7 Å². The van der Waals surface area contributed by atoms with E-state index in [1.165, 1.54) is 17.7 Å². The summed E-state index contributed by atoms with van der Waals surface area (Å²) in [6, 6.07) is 0. The molecule has 0 bridgehead atoms. The summed E-state index contributed by atoms with van der Waals surface area (Å²) in [7, 11) is 0. The van der Waals surface area contributed by atoms with Gasteiger partial charge in [-0.05, 0) is 31.6 Å². The average molecular weight is 196 g/mol. The second-order valence-electron chi connectivity index (χ2n) is 3.97. The minimum absolute atomic E-state index is 0.809. The maximum Gasteiger partial charge on any atom is 0.182 e. The van der Waals surface area contributed by atoms with Crippen LogP contribution in [0.4, 0.5) is 5.13 Å². The molecule has 13 heavy (non-hydrogen) atoms. The zero-order chi connectivity index (χ0) is 9.26. The number of hydrogen-bond donors (Lipinski definition) is 1. The Bertz CT molecular complexity index is 278. The standard InChI is InChI=1S/C10H16N2S/c1-7(9-3-4-9)5-11-10-12-6-8(2)13-10/h6-7,9H,3-5H2,1-2H3,(H,11,12). The van der Waals surface area contributed by atoms with E-state index in [2.05, 4.69) is 24.1 Å². The van der Waals surface area contributed by atoms with E-state index in [0.717, 1.165) is 23.5 Å². The third-order valence-corrected chi connectivity index (χ3v) is 3.49. The molecule has 0 spiro atoms. The van der Waals surface area contributed by atoms with Gasteiger partial charge in [-0.25, -0.2) is 4.98 Å². The second-order valence-corrected chi connectivity index (χ2v) is 5.21. The third kappa shape index (κ3) is 2.44. The van der Waals surface area contributed by atoms with Crippen LogP contribution >= 0.6 is 11.3 Å². The number of nitrogens with one attached hydrogen (secondary N) is 1. The zero-order valence-corrected chi connectivity index (χ0v) is 9.03. The van der Waals surface area contributed by atoms with Crippen LogP contribution in [0.2, 0.25) is 0 Å².